The van der Waals surface area contributed by atoms with Crippen LogP contribution in [0.1, 0.15) is 28.4 Å². The first kappa shape index (κ1) is 21.4. The molecule has 1 fully saturated rings. The van der Waals surface area contributed by atoms with Crippen LogP contribution < -0.4 is 0 Å². The average Bonchev–Trinajstić information content (AvgIpc) is 3.35. The molecule has 3 aromatic rings. The molecule has 2 aromatic heterocycles. The van der Waals surface area contributed by atoms with Crippen LogP contribution >= 0.6 is 0 Å². The summed E-state index contributed by atoms with van der Waals surface area (Å²) in [6.07, 6.45) is -4.75. The first-order chi connectivity index (χ1) is 15.0. The number of hydrogen-bond donors (Lipinski definition) is 2. The van der Waals surface area contributed by atoms with Gasteiger partial charge in [0.1, 0.15) is 11.4 Å². The lowest BCUT2D eigenvalue weighted by atomic mass is 9.98. The van der Waals surface area contributed by atoms with Gasteiger partial charge in [-0.2, -0.15) is 13.2 Å². The van der Waals surface area contributed by atoms with E-state index in [1.165, 1.54) is 29.2 Å². The second kappa shape index (κ2) is 7.41. The minimum atomic E-state index is -4.86. The number of carbonyl (C=O) groups is 2. The van der Waals surface area contributed by atoms with Gasteiger partial charge in [-0.1, -0.05) is 23.4 Å². The van der Waals surface area contributed by atoms with Crippen LogP contribution in [0.25, 0.3) is 22.6 Å². The van der Waals surface area contributed by atoms with Gasteiger partial charge in [-0.05, 0) is 6.07 Å². The third kappa shape index (κ3) is 3.68. The Balaban J connectivity index is 1.73. The van der Waals surface area contributed by atoms with Crippen molar-refractivity contribution in [2.75, 3.05) is 13.6 Å². The van der Waals surface area contributed by atoms with Crippen LogP contribution in [0.15, 0.2) is 40.9 Å². The number of carboxylic acid groups (broad SMARTS) is 1. The molecule has 0 bridgehead atoms. The molecule has 0 saturated carbocycles. The molecule has 0 unspecified atom stereocenters. The number of carbonyl (C=O) groups excluding carboxylic acids is 1. The normalized spacial score (nSPS) is 18.9. The number of benzene rings is 1. The van der Waals surface area contributed by atoms with Crippen molar-refractivity contribution in [1.29, 1.82) is 0 Å². The molecule has 32 heavy (non-hydrogen) atoms. The van der Waals surface area contributed by atoms with Gasteiger partial charge in [-0.3, -0.25) is 4.79 Å². The predicted octanol–water partition coefficient (Wildman–Crippen LogP) is 2.57. The number of alkyl halides is 3. The number of likely N-dealkylation sites (N-methyl/N-ethyl adjacent to an activating group) is 1. The van der Waals surface area contributed by atoms with E-state index in [0.29, 0.717) is 18.2 Å². The summed E-state index contributed by atoms with van der Waals surface area (Å²) >= 11 is 0. The smallest absolute Gasteiger partial charge is 0.433 e. The Morgan fingerprint density at radius 3 is 2.53 bits per heavy atom. The number of amides is 1. The summed E-state index contributed by atoms with van der Waals surface area (Å²) in [7, 11) is 1.54. The van der Waals surface area contributed by atoms with Gasteiger partial charge in [0, 0.05) is 43.3 Å². The highest BCUT2D eigenvalue weighted by Gasteiger charge is 2.48. The van der Waals surface area contributed by atoms with Crippen molar-refractivity contribution in [2.45, 2.75) is 18.2 Å². The molecule has 166 valence electrons. The monoisotopic (exact) mass is 448 g/mol. The van der Waals surface area contributed by atoms with Crippen molar-refractivity contribution in [3.63, 3.8) is 0 Å². The van der Waals surface area contributed by atoms with Gasteiger partial charge in [0.2, 0.25) is 5.60 Å². The van der Waals surface area contributed by atoms with E-state index in [1.54, 1.807) is 13.1 Å². The van der Waals surface area contributed by atoms with Crippen molar-refractivity contribution in [3.8, 4) is 22.6 Å². The lowest BCUT2D eigenvalue weighted by Crippen LogP contribution is -2.35. The van der Waals surface area contributed by atoms with E-state index >= 15 is 0 Å². The number of likely N-dealkylation sites (tertiary alicyclic amines) is 1. The van der Waals surface area contributed by atoms with Crippen molar-refractivity contribution >= 4 is 11.9 Å². The van der Waals surface area contributed by atoms with Crippen LogP contribution in [-0.4, -0.2) is 55.7 Å². The van der Waals surface area contributed by atoms with Crippen molar-refractivity contribution in [2.24, 2.45) is 0 Å². The number of aliphatic hydroxyl groups is 1. The van der Waals surface area contributed by atoms with E-state index in [0.717, 1.165) is 0 Å². The second-order valence-corrected chi connectivity index (χ2v) is 7.26. The van der Waals surface area contributed by atoms with Gasteiger partial charge in [0.05, 0.1) is 0 Å². The lowest BCUT2D eigenvalue weighted by Gasteiger charge is -2.16. The Morgan fingerprint density at radius 1 is 1.19 bits per heavy atom. The number of carboxylic acids is 1. The molecule has 1 saturated heterocycles. The zero-order valence-electron chi connectivity index (χ0n) is 16.4. The SMILES string of the molecule is CN1CC[C@@](O)(c2cc(-c3cccc(-c4nc(C(=O)O)cc(C(F)(F)F)n4)c3)no2)C1=O. The van der Waals surface area contributed by atoms with Gasteiger partial charge >= 0.3 is 12.1 Å². The lowest BCUT2D eigenvalue weighted by molar-refractivity contribution is -0.145. The molecule has 3 heterocycles. The van der Waals surface area contributed by atoms with E-state index in [2.05, 4.69) is 15.1 Å². The fourth-order valence-electron chi connectivity index (χ4n) is 3.34. The zero-order chi connectivity index (χ0) is 23.3. The summed E-state index contributed by atoms with van der Waals surface area (Å²) in [5.41, 5.74) is -3.35. The van der Waals surface area contributed by atoms with E-state index in [9.17, 15) is 27.9 Å². The van der Waals surface area contributed by atoms with Gasteiger partial charge in [0.15, 0.2) is 17.3 Å². The highest BCUT2D eigenvalue weighted by molar-refractivity contribution is 5.88. The number of halogens is 3. The molecule has 1 aliphatic heterocycles. The molecule has 2 N–H and O–H groups in total. The van der Waals surface area contributed by atoms with Crippen LogP contribution in [0.4, 0.5) is 13.2 Å². The van der Waals surface area contributed by atoms with Crippen LogP contribution in [-0.2, 0) is 16.6 Å². The summed E-state index contributed by atoms with van der Waals surface area (Å²) in [4.78, 5) is 32.0. The molecular formula is C20H15F3N4O5. The van der Waals surface area contributed by atoms with Crippen molar-refractivity contribution in [3.05, 3.63) is 53.5 Å². The Kier molecular flexibility index (Phi) is 4.96. The molecule has 0 aliphatic carbocycles. The summed E-state index contributed by atoms with van der Waals surface area (Å²) in [6, 6.07) is 7.60. The molecule has 1 aromatic carbocycles. The molecule has 0 spiro atoms. The Morgan fingerprint density at radius 2 is 1.91 bits per heavy atom. The topological polar surface area (TPSA) is 130 Å². The molecule has 4 rings (SSSR count). The Hall–Kier alpha value is -3.80. The number of aromatic nitrogens is 3. The Bertz CT molecular complexity index is 1230. The third-order valence-electron chi connectivity index (χ3n) is 5.08. The highest BCUT2D eigenvalue weighted by atomic mass is 19.4. The summed E-state index contributed by atoms with van der Waals surface area (Å²) in [5.74, 6) is -2.66. The van der Waals surface area contributed by atoms with Crippen LogP contribution in [0.5, 0.6) is 0 Å². The maximum atomic E-state index is 13.2. The predicted molar refractivity (Wildman–Crippen MR) is 101 cm³/mol. The molecule has 1 amide bonds. The maximum Gasteiger partial charge on any atom is 0.433 e. The van der Waals surface area contributed by atoms with Crippen molar-refractivity contribution in [1.82, 2.24) is 20.0 Å². The van der Waals surface area contributed by atoms with Crippen LogP contribution in [0, 0.1) is 0 Å². The molecule has 1 aliphatic rings. The first-order valence-corrected chi connectivity index (χ1v) is 9.24. The van der Waals surface area contributed by atoms with Crippen molar-refractivity contribution < 1.29 is 37.5 Å². The quantitative estimate of drug-likeness (QED) is 0.623. The van der Waals surface area contributed by atoms with E-state index in [1.807, 2.05) is 0 Å². The van der Waals surface area contributed by atoms with E-state index in [-0.39, 0.29) is 23.4 Å². The average molecular weight is 448 g/mol. The number of hydrogen-bond acceptors (Lipinski definition) is 7. The largest absolute Gasteiger partial charge is 0.477 e. The van der Waals surface area contributed by atoms with Gasteiger partial charge in [-0.15, -0.1) is 0 Å². The second-order valence-electron chi connectivity index (χ2n) is 7.26. The number of nitrogens with zero attached hydrogens (tertiary/aromatic N) is 4. The third-order valence-corrected chi connectivity index (χ3v) is 5.08. The standard InChI is InChI=1S/C20H15F3N4O5/c1-27-6-5-19(31,18(27)30)15-9-12(26-32-15)10-3-2-4-11(7-10)16-24-13(17(28)29)8-14(25-16)20(21,22)23/h2-4,7-9,31H,5-6H2,1H3,(H,28,29)/t19-/m1/s1. The van der Waals surface area contributed by atoms with Gasteiger partial charge in [-0.25, -0.2) is 14.8 Å². The maximum absolute atomic E-state index is 13.2. The first-order valence-electron chi connectivity index (χ1n) is 9.24. The fraction of sp³-hybridized carbons (Fsp3) is 0.250. The zero-order valence-corrected chi connectivity index (χ0v) is 16.4. The number of aromatic carboxylic acids is 1. The van der Waals surface area contributed by atoms with Crippen LogP contribution in [0.2, 0.25) is 0 Å². The number of rotatable bonds is 4. The highest BCUT2D eigenvalue weighted by Crippen LogP contribution is 2.35. The fourth-order valence-corrected chi connectivity index (χ4v) is 3.34. The minimum absolute atomic E-state index is 0.0595. The van der Waals surface area contributed by atoms with Gasteiger partial charge < -0.3 is 19.6 Å². The summed E-state index contributed by atoms with van der Waals surface area (Å²) in [6.45, 7) is 0.333. The molecule has 12 heteroatoms. The minimum Gasteiger partial charge on any atom is -0.477 e. The summed E-state index contributed by atoms with van der Waals surface area (Å²) < 4.78 is 44.7. The molecule has 1 atom stereocenters. The molecule has 0 radical (unpaired) electrons. The van der Waals surface area contributed by atoms with Gasteiger partial charge in [0.25, 0.3) is 5.91 Å². The summed E-state index contributed by atoms with van der Waals surface area (Å²) in [5, 5.41) is 23.6. The van der Waals surface area contributed by atoms with Crippen LogP contribution in [0.3, 0.4) is 0 Å². The van der Waals surface area contributed by atoms with E-state index in [4.69, 9.17) is 9.63 Å². The molecular weight excluding hydrogens is 433 g/mol. The molecule has 9 nitrogen and oxygen atoms in total. The van der Waals surface area contributed by atoms with E-state index < -0.39 is 40.9 Å². The Labute approximate surface area is 178 Å².